The van der Waals surface area contributed by atoms with Crippen LogP contribution in [0.3, 0.4) is 0 Å². The van der Waals surface area contributed by atoms with E-state index >= 15 is 8.78 Å². The first kappa shape index (κ1) is 61.3. The van der Waals surface area contributed by atoms with Crippen molar-refractivity contribution in [3.05, 3.63) is 84.0 Å². The van der Waals surface area contributed by atoms with Crippen molar-refractivity contribution in [3.8, 4) is 5.75 Å². The van der Waals surface area contributed by atoms with Gasteiger partial charge in [0.2, 0.25) is 0 Å². The SMILES string of the molecule is CO[C@@H](CC/C=C/C=C/C(=O)NO)[C@@H](OC(=O)Nc1ccc(F)cc1F)c1ccc(OCCO[Si](CCC(F)(F)C(F)(F)C(F)(F)C(F)(F)C(F)(F)C(F)(F)C(F)(F)C(F)(F)F)(C(C)C)C(C)C)cc1. The number of hydrogen-bond donors (Lipinski definition) is 3. The van der Waals surface area contributed by atoms with Crippen LogP contribution in [-0.4, -0.2) is 99.6 Å². The van der Waals surface area contributed by atoms with Gasteiger partial charge in [0, 0.05) is 25.7 Å². The van der Waals surface area contributed by atoms with Gasteiger partial charge in [-0.15, -0.1) is 0 Å². The number of allylic oxidation sites excluding steroid dienone is 3. The Balaban J connectivity index is 2.33. The number of carbonyl (C=O) groups is 2. The Morgan fingerprint density at radius 2 is 1.24 bits per heavy atom. The van der Waals surface area contributed by atoms with E-state index < -0.39 is 134 Å². The van der Waals surface area contributed by atoms with E-state index in [1.54, 1.807) is 6.08 Å². The van der Waals surface area contributed by atoms with Crippen molar-refractivity contribution < 1.29 is 117 Å². The van der Waals surface area contributed by atoms with Gasteiger partial charge >= 0.3 is 53.7 Å². The maximum atomic E-state index is 15.0. The fourth-order valence-corrected chi connectivity index (χ4v) is 11.2. The number of hydrogen-bond acceptors (Lipinski definition) is 7. The molecule has 0 aromatic heterocycles. The number of alkyl halides is 17. The normalized spacial score (nSPS) is 15.0. The summed E-state index contributed by atoms with van der Waals surface area (Å²) in [6, 6.07) is 6.18. The predicted octanol–water partition coefficient (Wildman–Crippen LogP) is 13.2. The molecule has 70 heavy (non-hydrogen) atoms. The summed E-state index contributed by atoms with van der Waals surface area (Å²) in [4.78, 5) is 24.1. The summed E-state index contributed by atoms with van der Waals surface area (Å²) >= 11 is 0. The van der Waals surface area contributed by atoms with Gasteiger partial charge in [-0.2, -0.15) is 74.6 Å². The van der Waals surface area contributed by atoms with E-state index in [4.69, 9.17) is 23.8 Å². The van der Waals surface area contributed by atoms with Crippen molar-refractivity contribution in [3.63, 3.8) is 0 Å². The van der Waals surface area contributed by atoms with Crippen molar-refractivity contribution in [1.29, 1.82) is 0 Å². The third-order valence-electron chi connectivity index (χ3n) is 10.8. The zero-order chi connectivity index (χ0) is 54.1. The van der Waals surface area contributed by atoms with E-state index in [2.05, 4.69) is 5.32 Å². The zero-order valence-corrected chi connectivity index (χ0v) is 38.0. The van der Waals surface area contributed by atoms with Gasteiger partial charge in [-0.05, 0) is 59.8 Å². The van der Waals surface area contributed by atoms with Gasteiger partial charge in [0.15, 0.2) is 14.4 Å². The molecule has 29 heteroatoms. The molecule has 9 nitrogen and oxygen atoms in total. The minimum Gasteiger partial charge on any atom is -0.491 e. The highest BCUT2D eigenvalue weighted by Gasteiger charge is 2.95. The highest BCUT2D eigenvalue weighted by molar-refractivity contribution is 6.76. The van der Waals surface area contributed by atoms with Crippen LogP contribution >= 0.6 is 0 Å². The predicted molar refractivity (Wildman–Crippen MR) is 211 cm³/mol. The summed E-state index contributed by atoms with van der Waals surface area (Å²) in [6.07, 6.45) is -8.24. The Labute approximate surface area is 387 Å². The highest BCUT2D eigenvalue weighted by Crippen LogP contribution is 2.64. The van der Waals surface area contributed by atoms with Gasteiger partial charge in [-0.1, -0.05) is 58.1 Å². The van der Waals surface area contributed by atoms with Crippen molar-refractivity contribution >= 4 is 26.0 Å². The molecule has 2 aromatic rings. The first-order valence-electron chi connectivity index (χ1n) is 20.2. The number of benzene rings is 2. The second kappa shape index (κ2) is 23.2. The van der Waals surface area contributed by atoms with Gasteiger partial charge in [0.1, 0.15) is 24.0 Å². The molecule has 0 spiro atoms. The number of hydroxylamine groups is 1. The molecule has 0 aliphatic heterocycles. The fourth-order valence-electron chi connectivity index (χ4n) is 6.71. The Bertz CT molecular complexity index is 2100. The second-order valence-electron chi connectivity index (χ2n) is 15.9. The van der Waals surface area contributed by atoms with Crippen LogP contribution in [0.5, 0.6) is 5.75 Å². The van der Waals surface area contributed by atoms with Gasteiger partial charge < -0.3 is 18.6 Å². The van der Waals surface area contributed by atoms with Crippen LogP contribution in [0, 0.1) is 11.6 Å². The number of amides is 2. The number of anilines is 1. The van der Waals surface area contributed by atoms with Crippen LogP contribution < -0.4 is 15.5 Å². The molecule has 0 aliphatic rings. The average Bonchev–Trinajstić information content (AvgIpc) is 3.25. The third-order valence-corrected chi connectivity index (χ3v) is 16.5. The van der Waals surface area contributed by atoms with E-state index in [9.17, 15) is 84.2 Å². The molecule has 0 saturated carbocycles. The van der Waals surface area contributed by atoms with E-state index in [0.717, 1.165) is 18.2 Å². The number of ether oxygens (including phenoxy) is 3. The quantitative estimate of drug-likeness (QED) is 0.0163. The van der Waals surface area contributed by atoms with Crippen LogP contribution in [0.2, 0.25) is 17.1 Å². The number of methoxy groups -OCH3 is 1. The average molecular weight is 1070 g/mol. The second-order valence-corrected chi connectivity index (χ2v) is 20.9. The molecule has 0 saturated heterocycles. The monoisotopic (exact) mass is 1070 g/mol. The molecule has 2 atom stereocenters. The molecular formula is C41H45F19N2O7Si. The van der Waals surface area contributed by atoms with Crippen LogP contribution in [0.1, 0.15) is 58.6 Å². The molecule has 0 bridgehead atoms. The number of carbonyl (C=O) groups excluding carboxylic acids is 2. The summed E-state index contributed by atoms with van der Waals surface area (Å²) in [5.41, 5.74) is -0.726. The van der Waals surface area contributed by atoms with E-state index in [0.29, 0.717) is 6.07 Å². The van der Waals surface area contributed by atoms with Crippen molar-refractivity contribution in [2.24, 2.45) is 0 Å². The molecule has 0 unspecified atom stereocenters. The molecule has 3 N–H and O–H groups in total. The van der Waals surface area contributed by atoms with Gasteiger partial charge in [-0.25, -0.2) is 19.1 Å². The smallest absolute Gasteiger partial charge is 0.460 e. The van der Waals surface area contributed by atoms with E-state index in [-0.39, 0.29) is 24.2 Å². The standard InChI is InChI=1S/C41H45F19N2O7Si/c1-23(2)70(24(3)4,21-18-34(44,45)35(46,47)36(48,49)37(50,51)38(52,53)39(54,55)40(56,57)41(58,59)60)68-20-19-67-27-15-12-25(13-16-27)32(30(66-5)10-8-6-7-9-11-31(63)62-65)69-33(64)61-29-17-14-26(42)22-28(29)43/h6-7,9,11-17,22-24,30,32,65H,8,10,18-21H2,1-5H3,(H,61,64)(H,62,63)/b7-6+,11-9+/t30-,32-/m0/s1. The van der Waals surface area contributed by atoms with Crippen LogP contribution in [0.4, 0.5) is 93.9 Å². The number of nitrogens with one attached hydrogen (secondary N) is 2. The molecule has 2 aromatic carbocycles. The summed E-state index contributed by atoms with van der Waals surface area (Å²) in [7, 11) is -2.82. The molecule has 0 aliphatic carbocycles. The van der Waals surface area contributed by atoms with Crippen molar-refractivity contribution in [1.82, 2.24) is 5.48 Å². The Morgan fingerprint density at radius 3 is 1.73 bits per heavy atom. The van der Waals surface area contributed by atoms with E-state index in [1.165, 1.54) is 76.7 Å². The van der Waals surface area contributed by atoms with E-state index in [1.807, 2.05) is 0 Å². The van der Waals surface area contributed by atoms with Gasteiger partial charge in [0.25, 0.3) is 5.91 Å². The lowest BCUT2D eigenvalue weighted by Gasteiger charge is -2.44. The van der Waals surface area contributed by atoms with Gasteiger partial charge in [-0.3, -0.25) is 15.3 Å². The van der Waals surface area contributed by atoms with Crippen LogP contribution in [0.15, 0.2) is 66.8 Å². The lowest BCUT2D eigenvalue weighted by molar-refractivity contribution is -0.461. The van der Waals surface area contributed by atoms with Crippen LogP contribution in [-0.2, 0) is 18.7 Å². The first-order valence-corrected chi connectivity index (χ1v) is 22.4. The van der Waals surface area contributed by atoms with Crippen LogP contribution in [0.25, 0.3) is 0 Å². The first-order chi connectivity index (χ1) is 31.9. The highest BCUT2D eigenvalue weighted by atomic mass is 28.4. The summed E-state index contributed by atoms with van der Waals surface area (Å²) in [5, 5.41) is 10.7. The molecule has 0 heterocycles. The summed E-state index contributed by atoms with van der Waals surface area (Å²) < 4.78 is 286. The Hall–Kier alpha value is -4.77. The molecule has 0 radical (unpaired) electrons. The molecule has 2 amide bonds. The maximum Gasteiger partial charge on any atom is 0.460 e. The van der Waals surface area contributed by atoms with Crippen molar-refractivity contribution in [2.75, 3.05) is 25.6 Å². The molecule has 398 valence electrons. The zero-order valence-electron chi connectivity index (χ0n) is 37.0. The molecular weight excluding hydrogens is 1020 g/mol. The fraction of sp³-hybridized carbons (Fsp3) is 0.561. The third kappa shape index (κ3) is 13.0. The minimum absolute atomic E-state index is 0.0191. The minimum atomic E-state index is -8.73. The Morgan fingerprint density at radius 1 is 0.714 bits per heavy atom. The van der Waals surface area contributed by atoms with Crippen molar-refractivity contribution in [2.45, 2.75) is 124 Å². The lowest BCUT2D eigenvalue weighted by Crippen LogP contribution is -2.74. The maximum absolute atomic E-state index is 15.0. The largest absolute Gasteiger partial charge is 0.491 e. The number of rotatable bonds is 26. The summed E-state index contributed by atoms with van der Waals surface area (Å²) in [5.74, 6) is -60.0. The Kier molecular flexibility index (Phi) is 20.3. The lowest BCUT2D eigenvalue weighted by atomic mass is 9.88. The summed E-state index contributed by atoms with van der Waals surface area (Å²) in [6.45, 7) is 4.03. The van der Waals surface area contributed by atoms with Gasteiger partial charge in [0.05, 0.1) is 18.4 Å². The topological polar surface area (TPSA) is 115 Å². The molecule has 2 rings (SSSR count). The number of halogens is 19. The molecule has 0 fully saturated rings.